The summed E-state index contributed by atoms with van der Waals surface area (Å²) < 4.78 is 10.6. The van der Waals surface area contributed by atoms with Gasteiger partial charge < -0.3 is 19.7 Å². The number of ether oxygens (including phenoxy) is 2. The Morgan fingerprint density at radius 1 is 1.17 bits per heavy atom. The first kappa shape index (κ1) is 22.8. The maximum Gasteiger partial charge on any atom is 0.193 e. The molecule has 0 aromatic heterocycles. The fourth-order valence-electron chi connectivity index (χ4n) is 2.41. The normalized spacial score (nSPS) is 10.8. The Morgan fingerprint density at radius 3 is 2.46 bits per heavy atom. The molecule has 0 atom stereocenters. The molecule has 0 saturated carbocycles. The molecule has 0 heterocycles. The van der Waals surface area contributed by atoms with Crippen LogP contribution in [-0.4, -0.2) is 52.3 Å². The van der Waals surface area contributed by atoms with E-state index in [4.69, 9.17) is 9.47 Å². The Hall–Kier alpha value is -1.18. The van der Waals surface area contributed by atoms with Crippen molar-refractivity contribution in [2.24, 2.45) is 4.99 Å². The van der Waals surface area contributed by atoms with Gasteiger partial charge in [-0.3, -0.25) is 4.99 Å². The minimum atomic E-state index is 0. The smallest absolute Gasteiger partial charge is 0.193 e. The molecule has 138 valence electrons. The van der Waals surface area contributed by atoms with Crippen molar-refractivity contribution >= 4 is 29.9 Å². The van der Waals surface area contributed by atoms with Crippen LogP contribution in [0.2, 0.25) is 0 Å². The van der Waals surface area contributed by atoms with E-state index in [0.29, 0.717) is 0 Å². The quantitative estimate of drug-likeness (QED) is 0.271. The van der Waals surface area contributed by atoms with Crippen LogP contribution in [0.25, 0.3) is 0 Å². The molecule has 1 rings (SSSR count). The third kappa shape index (κ3) is 7.59. The molecular weight excluding hydrogens is 417 g/mol. The van der Waals surface area contributed by atoms with Gasteiger partial charge in [0.05, 0.1) is 14.2 Å². The Balaban J connectivity index is 0.00000529. The molecule has 0 bridgehead atoms. The number of aryl methyl sites for hydroxylation is 1. The highest BCUT2D eigenvalue weighted by Crippen LogP contribution is 2.27. The van der Waals surface area contributed by atoms with Gasteiger partial charge in [0.1, 0.15) is 0 Å². The predicted molar refractivity (Wildman–Crippen MR) is 112 cm³/mol. The van der Waals surface area contributed by atoms with E-state index in [-0.39, 0.29) is 24.0 Å². The van der Waals surface area contributed by atoms with Gasteiger partial charge in [0.25, 0.3) is 0 Å². The molecule has 0 amide bonds. The van der Waals surface area contributed by atoms with Gasteiger partial charge in [-0.15, -0.1) is 24.0 Å². The summed E-state index contributed by atoms with van der Waals surface area (Å²) in [4.78, 5) is 6.51. The van der Waals surface area contributed by atoms with E-state index in [9.17, 15) is 0 Å². The summed E-state index contributed by atoms with van der Waals surface area (Å²) in [7, 11) is 7.24. The summed E-state index contributed by atoms with van der Waals surface area (Å²) >= 11 is 0. The lowest BCUT2D eigenvalue weighted by Gasteiger charge is -2.21. The van der Waals surface area contributed by atoms with Crippen LogP contribution >= 0.6 is 24.0 Å². The number of aliphatic imine (C=N–C) groups is 1. The lowest BCUT2D eigenvalue weighted by Crippen LogP contribution is -2.39. The van der Waals surface area contributed by atoms with Crippen LogP contribution in [-0.2, 0) is 6.42 Å². The Morgan fingerprint density at radius 2 is 1.88 bits per heavy atom. The van der Waals surface area contributed by atoms with Gasteiger partial charge in [-0.25, -0.2) is 0 Å². The van der Waals surface area contributed by atoms with E-state index >= 15 is 0 Å². The van der Waals surface area contributed by atoms with Crippen molar-refractivity contribution in [2.75, 3.05) is 41.4 Å². The minimum absolute atomic E-state index is 0. The Labute approximate surface area is 163 Å². The molecule has 1 aromatic carbocycles. The van der Waals surface area contributed by atoms with Crippen molar-refractivity contribution in [2.45, 2.75) is 32.6 Å². The van der Waals surface area contributed by atoms with Gasteiger partial charge in [-0.2, -0.15) is 0 Å². The van der Waals surface area contributed by atoms with Crippen LogP contribution in [0.1, 0.15) is 31.7 Å². The molecule has 0 aliphatic rings. The average molecular weight is 449 g/mol. The number of hydrogen-bond acceptors (Lipinski definition) is 3. The van der Waals surface area contributed by atoms with E-state index in [2.05, 4.69) is 35.2 Å². The molecule has 6 heteroatoms. The third-order valence-corrected chi connectivity index (χ3v) is 3.79. The number of halogens is 1. The van der Waals surface area contributed by atoms with Crippen molar-refractivity contribution in [3.05, 3.63) is 23.8 Å². The average Bonchev–Trinajstić information content (AvgIpc) is 2.59. The van der Waals surface area contributed by atoms with Crippen molar-refractivity contribution in [3.8, 4) is 11.5 Å². The maximum absolute atomic E-state index is 5.34. The molecule has 0 radical (unpaired) electrons. The van der Waals surface area contributed by atoms with Crippen LogP contribution < -0.4 is 14.8 Å². The van der Waals surface area contributed by atoms with Gasteiger partial charge in [0.2, 0.25) is 0 Å². The van der Waals surface area contributed by atoms with Gasteiger partial charge in [-0.05, 0) is 37.0 Å². The molecule has 5 nitrogen and oxygen atoms in total. The third-order valence-electron chi connectivity index (χ3n) is 3.79. The number of methoxy groups -OCH3 is 2. The summed E-state index contributed by atoms with van der Waals surface area (Å²) in [5.41, 5.74) is 1.25. The predicted octanol–water partition coefficient (Wildman–Crippen LogP) is 3.56. The second kappa shape index (κ2) is 13.1. The van der Waals surface area contributed by atoms with E-state index in [0.717, 1.165) is 43.4 Å². The van der Waals surface area contributed by atoms with E-state index in [1.165, 1.54) is 18.4 Å². The first-order valence-corrected chi connectivity index (χ1v) is 8.28. The van der Waals surface area contributed by atoms with E-state index in [1.807, 2.05) is 19.2 Å². The van der Waals surface area contributed by atoms with Crippen LogP contribution in [0, 0.1) is 0 Å². The summed E-state index contributed by atoms with van der Waals surface area (Å²) in [5, 5.41) is 3.42. The molecule has 1 N–H and O–H groups in total. The van der Waals surface area contributed by atoms with Gasteiger partial charge >= 0.3 is 0 Å². The number of rotatable bonds is 9. The van der Waals surface area contributed by atoms with Crippen molar-refractivity contribution < 1.29 is 9.47 Å². The SMILES string of the molecule is CCCCN(C)C(=NC)NCCCc1ccc(OC)c(OC)c1.I. The van der Waals surface area contributed by atoms with Gasteiger partial charge in [0.15, 0.2) is 17.5 Å². The highest BCUT2D eigenvalue weighted by Gasteiger charge is 2.06. The number of nitrogens with one attached hydrogen (secondary N) is 1. The summed E-state index contributed by atoms with van der Waals surface area (Å²) in [5.74, 6) is 2.52. The zero-order valence-electron chi connectivity index (χ0n) is 15.6. The number of nitrogens with zero attached hydrogens (tertiary/aromatic N) is 2. The Kier molecular flexibility index (Phi) is 12.5. The van der Waals surface area contributed by atoms with E-state index < -0.39 is 0 Å². The molecule has 24 heavy (non-hydrogen) atoms. The molecule has 0 aliphatic heterocycles. The standard InChI is InChI=1S/C18H31N3O2.HI/c1-6-7-13-21(3)18(19-2)20-12-8-9-15-10-11-16(22-4)17(14-15)23-5;/h10-11,14H,6-9,12-13H2,1-5H3,(H,19,20);1H. The molecular formula is C18H32IN3O2. The van der Waals surface area contributed by atoms with Crippen LogP contribution in [0.5, 0.6) is 11.5 Å². The van der Waals surface area contributed by atoms with Crippen LogP contribution in [0.4, 0.5) is 0 Å². The first-order chi connectivity index (χ1) is 11.2. The number of unbranched alkanes of at least 4 members (excludes halogenated alkanes) is 1. The molecule has 0 spiro atoms. The van der Waals surface area contributed by atoms with Crippen molar-refractivity contribution in [1.29, 1.82) is 0 Å². The molecule has 1 aromatic rings. The second-order valence-corrected chi connectivity index (χ2v) is 5.54. The summed E-state index contributed by atoms with van der Waals surface area (Å²) in [6.07, 6.45) is 4.41. The van der Waals surface area contributed by atoms with Crippen LogP contribution in [0.3, 0.4) is 0 Å². The van der Waals surface area contributed by atoms with Gasteiger partial charge in [-0.1, -0.05) is 19.4 Å². The molecule has 0 unspecified atom stereocenters. The highest BCUT2D eigenvalue weighted by atomic mass is 127. The molecule has 0 aliphatic carbocycles. The van der Waals surface area contributed by atoms with Gasteiger partial charge in [0, 0.05) is 27.2 Å². The lowest BCUT2D eigenvalue weighted by molar-refractivity contribution is 0.354. The maximum atomic E-state index is 5.34. The molecule has 0 saturated heterocycles. The summed E-state index contributed by atoms with van der Waals surface area (Å²) in [6.45, 7) is 4.14. The van der Waals surface area contributed by atoms with Crippen molar-refractivity contribution in [1.82, 2.24) is 10.2 Å². The topological polar surface area (TPSA) is 46.1 Å². The molecule has 0 fully saturated rings. The lowest BCUT2D eigenvalue weighted by atomic mass is 10.1. The number of guanidine groups is 1. The summed E-state index contributed by atoms with van der Waals surface area (Å²) in [6, 6.07) is 6.09. The zero-order chi connectivity index (χ0) is 17.1. The zero-order valence-corrected chi connectivity index (χ0v) is 17.9. The first-order valence-electron chi connectivity index (χ1n) is 8.28. The highest BCUT2D eigenvalue weighted by molar-refractivity contribution is 14.0. The largest absolute Gasteiger partial charge is 0.493 e. The fourth-order valence-corrected chi connectivity index (χ4v) is 2.41. The van der Waals surface area contributed by atoms with E-state index in [1.54, 1.807) is 14.2 Å². The fraction of sp³-hybridized carbons (Fsp3) is 0.611. The monoisotopic (exact) mass is 449 g/mol. The second-order valence-electron chi connectivity index (χ2n) is 5.54. The van der Waals surface area contributed by atoms with Crippen LogP contribution in [0.15, 0.2) is 23.2 Å². The number of hydrogen-bond donors (Lipinski definition) is 1. The number of benzene rings is 1. The minimum Gasteiger partial charge on any atom is -0.493 e. The Bertz CT molecular complexity index is 495. The van der Waals surface area contributed by atoms with Crippen molar-refractivity contribution in [3.63, 3.8) is 0 Å².